The van der Waals surface area contributed by atoms with Gasteiger partial charge in [0.15, 0.2) is 11.5 Å². The van der Waals surface area contributed by atoms with Crippen LogP contribution >= 0.6 is 0 Å². The molecule has 0 unspecified atom stereocenters. The molecule has 1 aromatic heterocycles. The molecule has 5 heteroatoms. The quantitative estimate of drug-likeness (QED) is 0.517. The maximum absolute atomic E-state index is 13.0. The molecule has 0 bridgehead atoms. The third-order valence-corrected chi connectivity index (χ3v) is 4.63. The molecule has 1 heterocycles. The Labute approximate surface area is 161 Å². The van der Waals surface area contributed by atoms with Gasteiger partial charge < -0.3 is 19.0 Å². The zero-order valence-electron chi connectivity index (χ0n) is 15.4. The van der Waals surface area contributed by atoms with E-state index >= 15 is 0 Å². The first-order valence-electron chi connectivity index (χ1n) is 8.70. The highest BCUT2D eigenvalue weighted by atomic mass is 16.5. The summed E-state index contributed by atoms with van der Waals surface area (Å²) in [5.74, 6) is 1.13. The van der Waals surface area contributed by atoms with Crippen LogP contribution in [0.3, 0.4) is 0 Å². The van der Waals surface area contributed by atoms with Gasteiger partial charge >= 0.3 is 5.63 Å². The van der Waals surface area contributed by atoms with Gasteiger partial charge in [-0.3, -0.25) is 0 Å². The molecule has 0 aliphatic carbocycles. The monoisotopic (exact) mass is 374 g/mol. The number of phenols is 1. The van der Waals surface area contributed by atoms with Crippen molar-refractivity contribution in [2.45, 2.75) is 0 Å². The maximum Gasteiger partial charge on any atom is 0.344 e. The maximum atomic E-state index is 13.0. The smallest absolute Gasteiger partial charge is 0.344 e. The van der Waals surface area contributed by atoms with E-state index in [9.17, 15) is 9.90 Å². The zero-order chi connectivity index (χ0) is 19.7. The van der Waals surface area contributed by atoms with Crippen molar-refractivity contribution in [2.24, 2.45) is 0 Å². The summed E-state index contributed by atoms with van der Waals surface area (Å²) in [6.07, 6.45) is 0. The number of aromatic hydroxyl groups is 1. The van der Waals surface area contributed by atoms with Gasteiger partial charge in [-0.1, -0.05) is 36.4 Å². The van der Waals surface area contributed by atoms with Crippen LogP contribution in [0.15, 0.2) is 75.9 Å². The van der Waals surface area contributed by atoms with Crippen LogP contribution in [0.1, 0.15) is 0 Å². The highest BCUT2D eigenvalue weighted by Crippen LogP contribution is 2.39. The molecule has 5 nitrogen and oxygen atoms in total. The number of benzene rings is 3. The molecular weight excluding hydrogens is 356 g/mol. The van der Waals surface area contributed by atoms with Crippen LogP contribution in [-0.2, 0) is 0 Å². The molecule has 3 aromatic carbocycles. The lowest BCUT2D eigenvalue weighted by Gasteiger charge is -2.14. The van der Waals surface area contributed by atoms with Crippen molar-refractivity contribution in [3.8, 4) is 39.5 Å². The zero-order valence-corrected chi connectivity index (χ0v) is 15.4. The van der Waals surface area contributed by atoms with Gasteiger partial charge in [0.05, 0.1) is 19.8 Å². The fourth-order valence-corrected chi connectivity index (χ4v) is 3.35. The topological polar surface area (TPSA) is 68.9 Å². The van der Waals surface area contributed by atoms with Gasteiger partial charge in [-0.15, -0.1) is 0 Å². The first-order valence-corrected chi connectivity index (χ1v) is 8.70. The molecule has 0 fully saturated rings. The summed E-state index contributed by atoms with van der Waals surface area (Å²) < 4.78 is 16.2. The van der Waals surface area contributed by atoms with Crippen LogP contribution in [0, 0.1) is 0 Å². The van der Waals surface area contributed by atoms with E-state index in [-0.39, 0.29) is 5.75 Å². The van der Waals surface area contributed by atoms with E-state index in [1.807, 2.05) is 30.3 Å². The average Bonchev–Trinajstić information content (AvgIpc) is 2.72. The molecule has 0 aliphatic rings. The van der Waals surface area contributed by atoms with E-state index in [0.717, 1.165) is 16.5 Å². The van der Waals surface area contributed by atoms with Crippen LogP contribution in [-0.4, -0.2) is 19.3 Å². The van der Waals surface area contributed by atoms with Crippen LogP contribution in [0.2, 0.25) is 0 Å². The summed E-state index contributed by atoms with van der Waals surface area (Å²) in [6, 6.07) is 19.7. The summed E-state index contributed by atoms with van der Waals surface area (Å²) in [7, 11) is 3.11. The molecule has 0 spiro atoms. The molecule has 28 heavy (non-hydrogen) atoms. The van der Waals surface area contributed by atoms with E-state index in [1.165, 1.54) is 6.07 Å². The Morgan fingerprint density at radius 2 is 1.54 bits per heavy atom. The summed E-state index contributed by atoms with van der Waals surface area (Å²) in [5.41, 5.74) is 2.51. The molecule has 0 saturated carbocycles. The minimum atomic E-state index is -0.496. The lowest BCUT2D eigenvalue weighted by molar-refractivity contribution is 0.355. The highest BCUT2D eigenvalue weighted by Gasteiger charge is 2.19. The second kappa shape index (κ2) is 7.12. The predicted octanol–water partition coefficient (Wildman–Crippen LogP) is 4.85. The number of fused-ring (bicyclic) bond motifs is 1. The second-order valence-electron chi connectivity index (χ2n) is 6.26. The van der Waals surface area contributed by atoms with Crippen molar-refractivity contribution in [3.63, 3.8) is 0 Å². The van der Waals surface area contributed by atoms with E-state index < -0.39 is 5.63 Å². The fraction of sp³-hybridized carbons (Fsp3) is 0.0870. The first-order chi connectivity index (χ1) is 13.6. The summed E-state index contributed by atoms with van der Waals surface area (Å²) in [4.78, 5) is 13.0. The largest absolute Gasteiger partial charge is 0.508 e. The molecule has 0 aliphatic heterocycles. The standard InChI is InChI=1S/C23H18O5/c1-26-18-11-8-15(12-20(18)27-2)22-21(14-6-4-3-5-7-14)17-10-9-16(24)13-19(17)28-23(22)25/h3-13,24H,1-2H3. The van der Waals surface area contributed by atoms with Crippen LogP contribution in [0.25, 0.3) is 33.2 Å². The third-order valence-electron chi connectivity index (χ3n) is 4.63. The second-order valence-corrected chi connectivity index (χ2v) is 6.26. The molecule has 0 saturated heterocycles. The number of hydrogen-bond donors (Lipinski definition) is 1. The number of hydrogen-bond acceptors (Lipinski definition) is 5. The highest BCUT2D eigenvalue weighted by molar-refractivity contribution is 6.01. The first kappa shape index (κ1) is 17.7. The lowest BCUT2D eigenvalue weighted by atomic mass is 9.93. The Morgan fingerprint density at radius 1 is 0.786 bits per heavy atom. The van der Waals surface area contributed by atoms with Crippen molar-refractivity contribution < 1.29 is 19.0 Å². The van der Waals surface area contributed by atoms with Gasteiger partial charge in [0.25, 0.3) is 0 Å². The van der Waals surface area contributed by atoms with Crippen molar-refractivity contribution in [1.29, 1.82) is 0 Å². The molecule has 140 valence electrons. The summed E-state index contributed by atoms with van der Waals surface area (Å²) in [5, 5.41) is 10.5. The molecular formula is C23H18O5. The number of methoxy groups -OCH3 is 2. The van der Waals surface area contributed by atoms with Gasteiger partial charge in [0, 0.05) is 17.0 Å². The minimum Gasteiger partial charge on any atom is -0.508 e. The number of phenolic OH excluding ortho intramolecular Hbond substituents is 1. The van der Waals surface area contributed by atoms with E-state index in [0.29, 0.717) is 28.2 Å². The van der Waals surface area contributed by atoms with Gasteiger partial charge in [0.2, 0.25) is 0 Å². The normalized spacial score (nSPS) is 10.8. The predicted molar refractivity (Wildman–Crippen MR) is 108 cm³/mol. The van der Waals surface area contributed by atoms with Crippen molar-refractivity contribution in [2.75, 3.05) is 14.2 Å². The number of rotatable bonds is 4. The molecule has 0 radical (unpaired) electrons. The lowest BCUT2D eigenvalue weighted by Crippen LogP contribution is -2.06. The van der Waals surface area contributed by atoms with E-state index in [4.69, 9.17) is 13.9 Å². The van der Waals surface area contributed by atoms with Crippen molar-refractivity contribution in [1.82, 2.24) is 0 Å². The summed E-state index contributed by atoms with van der Waals surface area (Å²) >= 11 is 0. The van der Waals surface area contributed by atoms with Crippen LogP contribution < -0.4 is 15.1 Å². The van der Waals surface area contributed by atoms with Crippen molar-refractivity contribution in [3.05, 3.63) is 77.2 Å². The average molecular weight is 374 g/mol. The van der Waals surface area contributed by atoms with E-state index in [2.05, 4.69) is 0 Å². The number of ether oxygens (including phenoxy) is 2. The Balaban J connectivity index is 2.10. The Kier molecular flexibility index (Phi) is 4.49. The fourth-order valence-electron chi connectivity index (χ4n) is 3.35. The van der Waals surface area contributed by atoms with Gasteiger partial charge in [-0.2, -0.15) is 0 Å². The Bertz CT molecular complexity index is 1210. The molecule has 1 N–H and O–H groups in total. The van der Waals surface area contributed by atoms with E-state index in [1.54, 1.807) is 44.6 Å². The Morgan fingerprint density at radius 3 is 2.25 bits per heavy atom. The van der Waals surface area contributed by atoms with Crippen LogP contribution in [0.5, 0.6) is 17.2 Å². The third kappa shape index (κ3) is 2.97. The minimum absolute atomic E-state index is 0.0357. The van der Waals surface area contributed by atoms with Gasteiger partial charge in [-0.05, 0) is 35.4 Å². The van der Waals surface area contributed by atoms with Crippen molar-refractivity contribution >= 4 is 11.0 Å². The molecule has 4 rings (SSSR count). The van der Waals surface area contributed by atoms with Gasteiger partial charge in [0.1, 0.15) is 11.3 Å². The van der Waals surface area contributed by atoms with Gasteiger partial charge in [-0.25, -0.2) is 4.79 Å². The molecule has 0 atom stereocenters. The summed E-state index contributed by atoms with van der Waals surface area (Å²) in [6.45, 7) is 0. The van der Waals surface area contributed by atoms with Crippen LogP contribution in [0.4, 0.5) is 0 Å². The molecule has 0 amide bonds. The Hall–Kier alpha value is -3.73. The molecule has 4 aromatic rings. The SMILES string of the molecule is COc1ccc(-c2c(-c3ccccc3)c3ccc(O)cc3oc2=O)cc1OC.